The molecule has 0 atom stereocenters. The molecule has 0 amide bonds. The molecule has 0 aromatic heterocycles. The summed E-state index contributed by atoms with van der Waals surface area (Å²) in [6, 6.07) is 0. The Hall–Kier alpha value is 0.519. The minimum atomic E-state index is 0. The maximum atomic E-state index is 2.22. The SMILES string of the molecule is CCC(C)C.[Fe]. The van der Waals surface area contributed by atoms with E-state index in [9.17, 15) is 0 Å². The molecule has 0 aliphatic heterocycles. The van der Waals surface area contributed by atoms with E-state index >= 15 is 0 Å². The van der Waals surface area contributed by atoms with E-state index in [1.54, 1.807) is 0 Å². The van der Waals surface area contributed by atoms with Crippen LogP contribution < -0.4 is 0 Å². The van der Waals surface area contributed by atoms with Gasteiger partial charge in [0.1, 0.15) is 0 Å². The van der Waals surface area contributed by atoms with Gasteiger partial charge < -0.3 is 0 Å². The fourth-order valence-electron chi connectivity index (χ4n) is 0. The van der Waals surface area contributed by atoms with Gasteiger partial charge in [0, 0.05) is 17.1 Å². The zero-order valence-electron chi connectivity index (χ0n) is 4.64. The minimum absolute atomic E-state index is 0. The van der Waals surface area contributed by atoms with Gasteiger partial charge in [-0.15, -0.1) is 0 Å². The molecule has 0 rings (SSSR count). The van der Waals surface area contributed by atoms with Crippen molar-refractivity contribution in [2.24, 2.45) is 5.92 Å². The summed E-state index contributed by atoms with van der Waals surface area (Å²) in [4.78, 5) is 0. The number of hydrogen-bond acceptors (Lipinski definition) is 0. The summed E-state index contributed by atoms with van der Waals surface area (Å²) in [5.41, 5.74) is 0. The molecule has 40 valence electrons. The third-order valence-electron chi connectivity index (χ3n) is 0.816. The van der Waals surface area contributed by atoms with E-state index in [0.717, 1.165) is 5.92 Å². The quantitative estimate of drug-likeness (QED) is 0.474. The van der Waals surface area contributed by atoms with Crippen molar-refractivity contribution >= 4 is 0 Å². The molecule has 0 nitrogen and oxygen atoms in total. The van der Waals surface area contributed by atoms with E-state index in [-0.39, 0.29) is 17.1 Å². The van der Waals surface area contributed by atoms with Crippen LogP contribution in [-0.4, -0.2) is 0 Å². The summed E-state index contributed by atoms with van der Waals surface area (Å²) in [6.07, 6.45) is 1.31. The van der Waals surface area contributed by atoms with Crippen molar-refractivity contribution < 1.29 is 17.1 Å². The Balaban J connectivity index is 0. The van der Waals surface area contributed by atoms with Gasteiger partial charge in [-0.05, 0) is 5.92 Å². The summed E-state index contributed by atoms with van der Waals surface area (Å²) >= 11 is 0. The van der Waals surface area contributed by atoms with Crippen molar-refractivity contribution in [3.05, 3.63) is 0 Å². The number of hydrogen-bond donors (Lipinski definition) is 0. The second-order valence-corrected chi connectivity index (χ2v) is 1.80. The Morgan fingerprint density at radius 2 is 1.50 bits per heavy atom. The predicted octanol–water partition coefficient (Wildman–Crippen LogP) is 2.05. The van der Waals surface area contributed by atoms with Gasteiger partial charge in [-0.2, -0.15) is 0 Å². The van der Waals surface area contributed by atoms with Crippen LogP contribution in [0.3, 0.4) is 0 Å². The first kappa shape index (κ1) is 9.72. The fraction of sp³-hybridized carbons (Fsp3) is 1.00. The molecular weight excluding hydrogens is 116 g/mol. The van der Waals surface area contributed by atoms with E-state index in [0.29, 0.717) is 0 Å². The van der Waals surface area contributed by atoms with E-state index < -0.39 is 0 Å². The summed E-state index contributed by atoms with van der Waals surface area (Å²) in [5, 5.41) is 0. The number of rotatable bonds is 1. The topological polar surface area (TPSA) is 0 Å². The van der Waals surface area contributed by atoms with Crippen LogP contribution in [-0.2, 0) is 17.1 Å². The maximum Gasteiger partial charge on any atom is 0 e. The van der Waals surface area contributed by atoms with Gasteiger partial charge >= 0.3 is 0 Å². The molecule has 0 heterocycles. The molecule has 0 aliphatic carbocycles. The summed E-state index contributed by atoms with van der Waals surface area (Å²) in [7, 11) is 0. The molecular formula is C5H12Fe. The average molecular weight is 128 g/mol. The van der Waals surface area contributed by atoms with Gasteiger partial charge in [-0.1, -0.05) is 27.2 Å². The van der Waals surface area contributed by atoms with E-state index in [4.69, 9.17) is 0 Å². The van der Waals surface area contributed by atoms with Crippen LogP contribution in [0.1, 0.15) is 27.2 Å². The molecule has 0 N–H and O–H groups in total. The predicted molar refractivity (Wildman–Crippen MR) is 25.1 cm³/mol. The van der Waals surface area contributed by atoms with Crippen molar-refractivity contribution in [2.75, 3.05) is 0 Å². The largest absolute Gasteiger partial charge is 0.0651 e. The smallest absolute Gasteiger partial charge is 0 e. The molecule has 0 aliphatic rings. The monoisotopic (exact) mass is 128 g/mol. The second kappa shape index (κ2) is 5.52. The van der Waals surface area contributed by atoms with Crippen LogP contribution >= 0.6 is 0 Å². The Morgan fingerprint density at radius 3 is 1.50 bits per heavy atom. The Labute approximate surface area is 50.8 Å². The standard InChI is InChI=1S/C5H12.Fe/c1-4-5(2)3;/h5H,4H2,1-3H3;. The zero-order chi connectivity index (χ0) is 4.28. The maximum absolute atomic E-state index is 2.22. The molecule has 0 spiro atoms. The second-order valence-electron chi connectivity index (χ2n) is 1.80. The molecule has 6 heavy (non-hydrogen) atoms. The normalized spacial score (nSPS) is 8.00. The van der Waals surface area contributed by atoms with Gasteiger partial charge in [-0.25, -0.2) is 0 Å². The molecule has 0 aromatic rings. The first-order chi connectivity index (χ1) is 2.27. The summed E-state index contributed by atoms with van der Waals surface area (Å²) in [5.74, 6) is 0.884. The van der Waals surface area contributed by atoms with Crippen LogP contribution in [0.2, 0.25) is 0 Å². The summed E-state index contributed by atoms with van der Waals surface area (Å²) in [6.45, 7) is 6.64. The van der Waals surface area contributed by atoms with Crippen molar-refractivity contribution in [1.82, 2.24) is 0 Å². The van der Waals surface area contributed by atoms with E-state index in [1.165, 1.54) is 6.42 Å². The Morgan fingerprint density at radius 1 is 1.33 bits per heavy atom. The van der Waals surface area contributed by atoms with Crippen molar-refractivity contribution in [2.45, 2.75) is 27.2 Å². The van der Waals surface area contributed by atoms with Crippen molar-refractivity contribution in [3.63, 3.8) is 0 Å². The van der Waals surface area contributed by atoms with E-state index in [1.807, 2.05) is 0 Å². The molecule has 0 radical (unpaired) electrons. The van der Waals surface area contributed by atoms with Crippen LogP contribution in [0, 0.1) is 5.92 Å². The van der Waals surface area contributed by atoms with Crippen molar-refractivity contribution in [3.8, 4) is 0 Å². The summed E-state index contributed by atoms with van der Waals surface area (Å²) < 4.78 is 0. The van der Waals surface area contributed by atoms with Crippen LogP contribution in [0.5, 0.6) is 0 Å². The molecule has 0 unspecified atom stereocenters. The first-order valence-electron chi connectivity index (χ1n) is 2.27. The van der Waals surface area contributed by atoms with Crippen LogP contribution in [0.4, 0.5) is 0 Å². The Bertz CT molecular complexity index is 17.9. The fourth-order valence-corrected chi connectivity index (χ4v) is 0. The molecule has 0 saturated heterocycles. The van der Waals surface area contributed by atoms with Gasteiger partial charge in [0.2, 0.25) is 0 Å². The third-order valence-corrected chi connectivity index (χ3v) is 0.816. The van der Waals surface area contributed by atoms with Gasteiger partial charge in [-0.3, -0.25) is 0 Å². The van der Waals surface area contributed by atoms with Crippen LogP contribution in [0.25, 0.3) is 0 Å². The molecule has 0 fully saturated rings. The van der Waals surface area contributed by atoms with E-state index in [2.05, 4.69) is 20.8 Å². The average Bonchev–Trinajstić information content (AvgIpc) is 1.38. The van der Waals surface area contributed by atoms with Gasteiger partial charge in [0.15, 0.2) is 0 Å². The van der Waals surface area contributed by atoms with Gasteiger partial charge in [0.25, 0.3) is 0 Å². The van der Waals surface area contributed by atoms with Crippen molar-refractivity contribution in [1.29, 1.82) is 0 Å². The minimum Gasteiger partial charge on any atom is -0.0651 e. The zero-order valence-corrected chi connectivity index (χ0v) is 5.74. The third kappa shape index (κ3) is 8.82. The molecule has 1 heteroatoms. The molecule has 0 saturated carbocycles. The van der Waals surface area contributed by atoms with Gasteiger partial charge in [0.05, 0.1) is 0 Å². The first-order valence-corrected chi connectivity index (χ1v) is 2.27. The Kier molecular flexibility index (Phi) is 8.94. The van der Waals surface area contributed by atoms with Crippen LogP contribution in [0.15, 0.2) is 0 Å². The molecule has 0 bridgehead atoms. The molecule has 0 aromatic carbocycles.